The van der Waals surface area contributed by atoms with Crippen LogP contribution in [0.3, 0.4) is 0 Å². The third kappa shape index (κ3) is 2.95. The van der Waals surface area contributed by atoms with Gasteiger partial charge in [-0.1, -0.05) is 23.7 Å². The van der Waals surface area contributed by atoms with Crippen LogP contribution in [0.15, 0.2) is 23.0 Å². The topological polar surface area (TPSA) is 101 Å². The van der Waals surface area contributed by atoms with Gasteiger partial charge < -0.3 is 24.6 Å². The average Bonchev–Trinajstić information content (AvgIpc) is 3.19. The second-order valence-electron chi connectivity index (χ2n) is 7.83. The molecule has 1 aromatic carbocycles. The van der Waals surface area contributed by atoms with E-state index in [0.29, 0.717) is 38.1 Å². The summed E-state index contributed by atoms with van der Waals surface area (Å²) in [6.45, 7) is 0.811. The Bertz CT molecular complexity index is 1180. The normalized spacial score (nSPS) is 21.6. The lowest BCUT2D eigenvalue weighted by molar-refractivity contribution is -0.109. The van der Waals surface area contributed by atoms with Gasteiger partial charge in [0.15, 0.2) is 17.7 Å². The number of pyridine rings is 1. The number of hydrogen-bond acceptors (Lipinski definition) is 5. The minimum absolute atomic E-state index is 0.0739. The highest BCUT2D eigenvalue weighted by Crippen LogP contribution is 2.41. The number of nitrogens with one attached hydrogen (secondary N) is 1. The molecule has 4 heterocycles. The molecule has 3 aliphatic heterocycles. The van der Waals surface area contributed by atoms with Crippen LogP contribution in [-0.4, -0.2) is 45.8 Å². The maximum absolute atomic E-state index is 14.1. The van der Waals surface area contributed by atoms with Crippen LogP contribution in [0.25, 0.3) is 0 Å². The first-order valence-electron chi connectivity index (χ1n) is 10.0. The van der Waals surface area contributed by atoms with E-state index in [1.165, 1.54) is 12.1 Å². The summed E-state index contributed by atoms with van der Waals surface area (Å²) in [6.07, 6.45) is 1.12. The quantitative estimate of drug-likeness (QED) is 0.749. The lowest BCUT2D eigenvalue weighted by Crippen LogP contribution is -2.55. The maximum atomic E-state index is 14.1. The molecular weight excluding hydrogens is 429 g/mol. The summed E-state index contributed by atoms with van der Waals surface area (Å²) in [4.78, 5) is 40.3. The number of aromatic hydroxyl groups is 1. The highest BCUT2D eigenvalue weighted by molar-refractivity contribution is 6.30. The summed E-state index contributed by atoms with van der Waals surface area (Å²) in [5.74, 6) is -2.63. The van der Waals surface area contributed by atoms with E-state index in [1.54, 1.807) is 15.5 Å². The molecular formula is C21H19ClFN3O5. The van der Waals surface area contributed by atoms with Gasteiger partial charge in [-0.2, -0.15) is 0 Å². The highest BCUT2D eigenvalue weighted by Gasteiger charge is 2.48. The molecule has 31 heavy (non-hydrogen) atoms. The first-order valence-corrected chi connectivity index (χ1v) is 10.4. The lowest BCUT2D eigenvalue weighted by Gasteiger charge is -2.44. The first-order chi connectivity index (χ1) is 14.9. The van der Waals surface area contributed by atoms with Gasteiger partial charge in [0.1, 0.15) is 11.4 Å². The second kappa shape index (κ2) is 7.35. The van der Waals surface area contributed by atoms with Gasteiger partial charge in [-0.3, -0.25) is 14.4 Å². The molecule has 5 rings (SSSR count). The Labute approximate surface area is 181 Å². The molecule has 1 fully saturated rings. The van der Waals surface area contributed by atoms with Crippen molar-refractivity contribution < 1.29 is 23.8 Å². The molecule has 0 aliphatic carbocycles. The molecule has 2 atom stereocenters. The Kier molecular flexibility index (Phi) is 4.75. The summed E-state index contributed by atoms with van der Waals surface area (Å²) in [5, 5.41) is 13.0. The van der Waals surface area contributed by atoms with E-state index >= 15 is 0 Å². The van der Waals surface area contributed by atoms with Crippen LogP contribution < -0.4 is 10.7 Å². The smallest absolute Gasteiger partial charge is 0.276 e. The summed E-state index contributed by atoms with van der Waals surface area (Å²) >= 11 is 5.77. The van der Waals surface area contributed by atoms with Crippen LogP contribution >= 0.6 is 11.6 Å². The van der Waals surface area contributed by atoms with Gasteiger partial charge in [-0.05, 0) is 25.3 Å². The third-order valence-electron chi connectivity index (χ3n) is 6.13. The molecule has 2 unspecified atom stereocenters. The van der Waals surface area contributed by atoms with Gasteiger partial charge in [0.25, 0.3) is 11.8 Å². The predicted octanol–water partition coefficient (Wildman–Crippen LogP) is 1.97. The number of benzene rings is 1. The van der Waals surface area contributed by atoms with Crippen molar-refractivity contribution in [3.05, 3.63) is 61.8 Å². The fraction of sp³-hybridized carbons (Fsp3) is 0.381. The van der Waals surface area contributed by atoms with Crippen LogP contribution in [-0.2, 0) is 17.7 Å². The van der Waals surface area contributed by atoms with Crippen LogP contribution in [0.1, 0.15) is 51.0 Å². The molecule has 0 radical (unpaired) electrons. The number of ether oxygens (including phenoxy) is 1. The van der Waals surface area contributed by atoms with Gasteiger partial charge in [0, 0.05) is 24.3 Å². The van der Waals surface area contributed by atoms with Gasteiger partial charge in [-0.25, -0.2) is 4.39 Å². The fourth-order valence-corrected chi connectivity index (χ4v) is 4.93. The Morgan fingerprint density at radius 2 is 2.16 bits per heavy atom. The zero-order chi connectivity index (χ0) is 21.9. The van der Waals surface area contributed by atoms with Crippen molar-refractivity contribution in [3.63, 3.8) is 0 Å². The molecule has 2 amide bonds. The second-order valence-corrected chi connectivity index (χ2v) is 8.24. The van der Waals surface area contributed by atoms with Crippen molar-refractivity contribution in [1.29, 1.82) is 0 Å². The Balaban J connectivity index is 1.54. The maximum Gasteiger partial charge on any atom is 0.276 e. The van der Waals surface area contributed by atoms with Crippen molar-refractivity contribution in [2.45, 2.75) is 38.1 Å². The largest absolute Gasteiger partial charge is 0.503 e. The zero-order valence-electron chi connectivity index (χ0n) is 16.4. The van der Waals surface area contributed by atoms with Crippen LogP contribution in [0, 0.1) is 5.82 Å². The minimum Gasteiger partial charge on any atom is -0.503 e. The lowest BCUT2D eigenvalue weighted by atomic mass is 10.1. The highest BCUT2D eigenvalue weighted by atomic mass is 35.5. The van der Waals surface area contributed by atoms with Crippen LogP contribution in [0.4, 0.5) is 4.39 Å². The van der Waals surface area contributed by atoms with Crippen molar-refractivity contribution in [3.8, 4) is 5.75 Å². The molecule has 1 saturated heterocycles. The van der Waals surface area contributed by atoms with E-state index in [2.05, 4.69) is 5.32 Å². The van der Waals surface area contributed by atoms with E-state index in [4.69, 9.17) is 16.3 Å². The fourth-order valence-electron chi connectivity index (χ4n) is 4.74. The van der Waals surface area contributed by atoms with E-state index in [0.717, 1.165) is 0 Å². The number of carbonyl (C=O) groups excluding carboxylic acids is 2. The first kappa shape index (κ1) is 20.0. The SMILES string of the molecule is O=C(NCc1cccc(Cl)c1F)c1c2n3c(c(O)c1=O)C(=O)N1CCCOC1C3CC2. The van der Waals surface area contributed by atoms with E-state index in [1.807, 2.05) is 0 Å². The van der Waals surface area contributed by atoms with Crippen molar-refractivity contribution >= 4 is 23.4 Å². The monoisotopic (exact) mass is 447 g/mol. The Morgan fingerprint density at radius 1 is 1.35 bits per heavy atom. The van der Waals surface area contributed by atoms with Crippen molar-refractivity contribution in [2.24, 2.45) is 0 Å². The predicted molar refractivity (Wildman–Crippen MR) is 108 cm³/mol. The molecule has 10 heteroatoms. The summed E-state index contributed by atoms with van der Waals surface area (Å²) in [7, 11) is 0. The van der Waals surface area contributed by atoms with Crippen molar-refractivity contribution in [2.75, 3.05) is 13.2 Å². The third-order valence-corrected chi connectivity index (χ3v) is 6.42. The van der Waals surface area contributed by atoms with Gasteiger partial charge in [-0.15, -0.1) is 0 Å². The van der Waals surface area contributed by atoms with Crippen molar-refractivity contribution in [1.82, 2.24) is 14.8 Å². The van der Waals surface area contributed by atoms with Crippen LogP contribution in [0.5, 0.6) is 5.75 Å². The molecule has 2 N–H and O–H groups in total. The van der Waals surface area contributed by atoms with E-state index in [-0.39, 0.29) is 34.4 Å². The molecule has 0 bridgehead atoms. The summed E-state index contributed by atoms with van der Waals surface area (Å²) < 4.78 is 21.5. The Hall–Kier alpha value is -2.91. The zero-order valence-corrected chi connectivity index (χ0v) is 17.1. The Morgan fingerprint density at radius 3 is 2.97 bits per heavy atom. The standard InChI is InChI=1S/C21H19ClFN3O5/c22-11-4-1-3-10(15(11)23)9-24-19(29)14-12-5-6-13-21-25(7-2-8-31-21)20(30)16(26(12)13)18(28)17(14)27/h1,3-4,13,21,28H,2,5-9H2,(H,24,29). The molecule has 0 spiro atoms. The summed E-state index contributed by atoms with van der Waals surface area (Å²) in [5.41, 5.74) is -0.687. The van der Waals surface area contributed by atoms with E-state index < -0.39 is 35.0 Å². The summed E-state index contributed by atoms with van der Waals surface area (Å²) in [6, 6.07) is 4.14. The van der Waals surface area contributed by atoms with Gasteiger partial charge >= 0.3 is 0 Å². The molecule has 162 valence electrons. The number of fused-ring (bicyclic) bond motifs is 2. The molecule has 1 aromatic heterocycles. The molecule has 8 nitrogen and oxygen atoms in total. The number of nitrogens with zero attached hydrogens (tertiary/aromatic N) is 2. The van der Waals surface area contributed by atoms with Crippen LogP contribution in [0.2, 0.25) is 5.02 Å². The average molecular weight is 448 g/mol. The van der Waals surface area contributed by atoms with Gasteiger partial charge in [0.2, 0.25) is 5.43 Å². The number of amides is 2. The molecule has 0 saturated carbocycles. The number of carbonyl (C=O) groups is 2. The van der Waals surface area contributed by atoms with Gasteiger partial charge in [0.05, 0.1) is 17.7 Å². The number of rotatable bonds is 3. The minimum atomic E-state index is -0.907. The number of aromatic nitrogens is 1. The number of hydrogen-bond donors (Lipinski definition) is 2. The number of halogens is 2. The molecule has 3 aliphatic rings. The van der Waals surface area contributed by atoms with E-state index in [9.17, 15) is 23.9 Å². The molecule has 2 aromatic rings.